The number of amides is 1. The lowest BCUT2D eigenvalue weighted by atomic mass is 10.1. The standard InChI is InChI=1S/C21H16Cl2N4OS/c1-12-11-25-18-13(19(12)29-21-24-9-10-27(21)2)5-3-8-16(18)26-20(28)17-14(22)6-4-7-15(17)23/h3-11H,1-2H3,(H,26,28). The van der Waals surface area contributed by atoms with Crippen molar-refractivity contribution in [2.24, 2.45) is 7.05 Å². The molecule has 2 heterocycles. The van der Waals surface area contributed by atoms with Crippen molar-refractivity contribution in [2.45, 2.75) is 17.0 Å². The molecule has 1 amide bonds. The number of nitrogens with one attached hydrogen (secondary N) is 1. The molecule has 4 rings (SSSR count). The number of nitrogens with zero attached hydrogens (tertiary/aromatic N) is 3. The van der Waals surface area contributed by atoms with Crippen LogP contribution in [0.2, 0.25) is 10.0 Å². The number of rotatable bonds is 4. The summed E-state index contributed by atoms with van der Waals surface area (Å²) >= 11 is 13.9. The van der Waals surface area contributed by atoms with Gasteiger partial charge in [-0.25, -0.2) is 4.98 Å². The van der Waals surface area contributed by atoms with Crippen LogP contribution in [0.3, 0.4) is 0 Å². The zero-order valence-electron chi connectivity index (χ0n) is 15.6. The molecular weight excluding hydrogens is 427 g/mol. The molecule has 1 N–H and O–H groups in total. The number of aromatic nitrogens is 3. The van der Waals surface area contributed by atoms with Gasteiger partial charge in [0.2, 0.25) is 0 Å². The summed E-state index contributed by atoms with van der Waals surface area (Å²) in [6.45, 7) is 2.01. The molecule has 146 valence electrons. The number of imidazole rings is 1. The highest BCUT2D eigenvalue weighted by molar-refractivity contribution is 7.99. The quantitative estimate of drug-likeness (QED) is 0.421. The number of carbonyl (C=O) groups excluding carboxylic acids is 1. The normalized spacial score (nSPS) is 11.0. The summed E-state index contributed by atoms with van der Waals surface area (Å²) in [6.07, 6.45) is 5.46. The third-order valence-electron chi connectivity index (χ3n) is 4.43. The first-order valence-electron chi connectivity index (χ1n) is 8.74. The molecule has 0 aliphatic carbocycles. The number of hydrogen-bond donors (Lipinski definition) is 1. The Labute approximate surface area is 182 Å². The molecular formula is C21H16Cl2N4OS. The maximum atomic E-state index is 12.8. The number of benzene rings is 2. The van der Waals surface area contributed by atoms with Crippen LogP contribution in [0, 0.1) is 6.92 Å². The summed E-state index contributed by atoms with van der Waals surface area (Å²) in [5.74, 6) is -0.381. The summed E-state index contributed by atoms with van der Waals surface area (Å²) < 4.78 is 1.96. The van der Waals surface area contributed by atoms with E-state index in [0.717, 1.165) is 21.0 Å². The number of halogens is 2. The van der Waals surface area contributed by atoms with Gasteiger partial charge in [-0.15, -0.1) is 0 Å². The van der Waals surface area contributed by atoms with Gasteiger partial charge in [0.05, 0.1) is 26.8 Å². The second-order valence-electron chi connectivity index (χ2n) is 6.45. The zero-order valence-corrected chi connectivity index (χ0v) is 17.9. The lowest BCUT2D eigenvalue weighted by Crippen LogP contribution is -2.13. The van der Waals surface area contributed by atoms with Crippen LogP contribution in [0.25, 0.3) is 10.9 Å². The molecule has 0 aliphatic heterocycles. The first-order chi connectivity index (χ1) is 14.0. The fourth-order valence-corrected chi connectivity index (χ4v) is 4.53. The van der Waals surface area contributed by atoms with E-state index in [1.165, 1.54) is 0 Å². The molecule has 0 fully saturated rings. The van der Waals surface area contributed by atoms with Gasteiger partial charge in [-0.05, 0) is 30.7 Å². The van der Waals surface area contributed by atoms with E-state index < -0.39 is 0 Å². The van der Waals surface area contributed by atoms with Crippen LogP contribution in [0.15, 0.2) is 65.0 Å². The molecule has 0 atom stereocenters. The predicted molar refractivity (Wildman–Crippen MR) is 118 cm³/mol. The maximum Gasteiger partial charge on any atom is 0.258 e. The summed E-state index contributed by atoms with van der Waals surface area (Å²) in [5, 5.41) is 5.30. The Bertz CT molecular complexity index is 1220. The minimum atomic E-state index is -0.381. The molecule has 0 aliphatic rings. The maximum absolute atomic E-state index is 12.8. The number of fused-ring (bicyclic) bond motifs is 1. The first kappa shape index (κ1) is 19.8. The van der Waals surface area contributed by atoms with Gasteiger partial charge in [0, 0.05) is 35.9 Å². The summed E-state index contributed by atoms with van der Waals surface area (Å²) in [5.41, 5.74) is 2.54. The number of aryl methyl sites for hydroxylation is 2. The molecule has 0 saturated heterocycles. The fraction of sp³-hybridized carbons (Fsp3) is 0.0952. The topological polar surface area (TPSA) is 59.8 Å². The van der Waals surface area contributed by atoms with E-state index in [1.807, 2.05) is 42.9 Å². The van der Waals surface area contributed by atoms with Gasteiger partial charge in [0.15, 0.2) is 5.16 Å². The molecule has 5 nitrogen and oxygen atoms in total. The number of anilines is 1. The van der Waals surface area contributed by atoms with Crippen molar-refractivity contribution in [1.82, 2.24) is 14.5 Å². The van der Waals surface area contributed by atoms with Gasteiger partial charge in [0.25, 0.3) is 5.91 Å². The SMILES string of the molecule is Cc1cnc2c(NC(=O)c3c(Cl)cccc3Cl)cccc2c1Sc1nccn1C. The van der Waals surface area contributed by atoms with Crippen LogP contribution in [0.5, 0.6) is 0 Å². The minimum Gasteiger partial charge on any atom is -0.329 e. The van der Waals surface area contributed by atoms with E-state index in [2.05, 4.69) is 15.3 Å². The highest BCUT2D eigenvalue weighted by Crippen LogP contribution is 2.36. The lowest BCUT2D eigenvalue weighted by Gasteiger charge is -2.13. The van der Waals surface area contributed by atoms with Gasteiger partial charge >= 0.3 is 0 Å². The van der Waals surface area contributed by atoms with Crippen LogP contribution in [-0.2, 0) is 7.05 Å². The molecule has 2 aromatic heterocycles. The van der Waals surface area contributed by atoms with E-state index >= 15 is 0 Å². The zero-order chi connectivity index (χ0) is 20.5. The van der Waals surface area contributed by atoms with E-state index in [-0.39, 0.29) is 11.5 Å². The third-order valence-corrected chi connectivity index (χ3v) is 6.39. The average molecular weight is 443 g/mol. The van der Waals surface area contributed by atoms with Crippen molar-refractivity contribution in [3.63, 3.8) is 0 Å². The molecule has 29 heavy (non-hydrogen) atoms. The highest BCUT2D eigenvalue weighted by Gasteiger charge is 2.18. The molecule has 4 aromatic rings. The van der Waals surface area contributed by atoms with Crippen LogP contribution >= 0.6 is 35.0 Å². The summed E-state index contributed by atoms with van der Waals surface area (Å²) in [4.78, 5) is 22.8. The van der Waals surface area contributed by atoms with Crippen LogP contribution < -0.4 is 5.32 Å². The Balaban J connectivity index is 1.76. The third kappa shape index (κ3) is 3.83. The van der Waals surface area contributed by atoms with Crippen LogP contribution in [0.4, 0.5) is 5.69 Å². The van der Waals surface area contributed by atoms with Crippen LogP contribution in [0.1, 0.15) is 15.9 Å². The lowest BCUT2D eigenvalue weighted by molar-refractivity contribution is 0.102. The molecule has 0 saturated carbocycles. The molecule has 0 radical (unpaired) electrons. The second kappa shape index (κ2) is 8.06. The van der Waals surface area contributed by atoms with Gasteiger partial charge in [0.1, 0.15) is 0 Å². The van der Waals surface area contributed by atoms with Gasteiger partial charge in [-0.2, -0.15) is 0 Å². The van der Waals surface area contributed by atoms with Crippen molar-refractivity contribution < 1.29 is 4.79 Å². The number of para-hydroxylation sites is 1. The van der Waals surface area contributed by atoms with Crippen molar-refractivity contribution in [1.29, 1.82) is 0 Å². The Kier molecular flexibility index (Phi) is 5.50. The van der Waals surface area contributed by atoms with E-state index in [9.17, 15) is 4.79 Å². The van der Waals surface area contributed by atoms with Crippen molar-refractivity contribution in [3.8, 4) is 0 Å². The first-order valence-corrected chi connectivity index (χ1v) is 10.3. The number of hydrogen-bond acceptors (Lipinski definition) is 4. The number of pyridine rings is 1. The Morgan fingerprint density at radius 1 is 1.10 bits per heavy atom. The molecule has 8 heteroatoms. The van der Waals surface area contributed by atoms with Crippen molar-refractivity contribution in [2.75, 3.05) is 5.32 Å². The molecule has 2 aromatic carbocycles. The Morgan fingerprint density at radius 2 is 1.83 bits per heavy atom. The molecule has 0 spiro atoms. The van der Waals surface area contributed by atoms with E-state index in [4.69, 9.17) is 23.2 Å². The average Bonchev–Trinajstić information content (AvgIpc) is 3.09. The van der Waals surface area contributed by atoms with Crippen molar-refractivity contribution in [3.05, 3.63) is 76.2 Å². The second-order valence-corrected chi connectivity index (χ2v) is 8.24. The fourth-order valence-electron chi connectivity index (χ4n) is 2.98. The minimum absolute atomic E-state index is 0.238. The number of carbonyl (C=O) groups is 1. The van der Waals surface area contributed by atoms with Gasteiger partial charge in [-0.1, -0.05) is 53.2 Å². The monoisotopic (exact) mass is 442 g/mol. The Hall–Kier alpha value is -2.54. The van der Waals surface area contributed by atoms with Crippen LogP contribution in [-0.4, -0.2) is 20.4 Å². The summed E-state index contributed by atoms with van der Waals surface area (Å²) in [6, 6.07) is 10.6. The molecule has 0 bridgehead atoms. The smallest absolute Gasteiger partial charge is 0.258 e. The van der Waals surface area contributed by atoms with E-state index in [1.54, 1.807) is 42.4 Å². The largest absolute Gasteiger partial charge is 0.329 e. The van der Waals surface area contributed by atoms with E-state index in [0.29, 0.717) is 21.2 Å². The van der Waals surface area contributed by atoms with Gasteiger partial charge < -0.3 is 9.88 Å². The highest BCUT2D eigenvalue weighted by atomic mass is 35.5. The van der Waals surface area contributed by atoms with Crippen molar-refractivity contribution >= 4 is 57.5 Å². The molecule has 0 unspecified atom stereocenters. The Morgan fingerprint density at radius 3 is 2.52 bits per heavy atom. The van der Waals surface area contributed by atoms with Gasteiger partial charge in [-0.3, -0.25) is 9.78 Å². The summed E-state index contributed by atoms with van der Waals surface area (Å²) in [7, 11) is 1.95. The predicted octanol–water partition coefficient (Wildman–Crippen LogP) is 5.99.